The molecule has 0 unspecified atom stereocenters. The van der Waals surface area contributed by atoms with Crippen molar-refractivity contribution in [2.45, 2.75) is 26.3 Å². The number of ether oxygens (including phenoxy) is 1. The van der Waals surface area contributed by atoms with E-state index in [9.17, 15) is 23.3 Å². The van der Waals surface area contributed by atoms with Gasteiger partial charge in [-0.05, 0) is 30.0 Å². The summed E-state index contributed by atoms with van der Waals surface area (Å²) in [5.74, 6) is 0.0971. The third-order valence-electron chi connectivity index (χ3n) is 2.95. The summed E-state index contributed by atoms with van der Waals surface area (Å²) in [5, 5.41) is 10.8. The molecular weight excluding hydrogens is 303 g/mol. The molecule has 2 rings (SSSR count). The first-order valence-corrected chi connectivity index (χ1v) is 6.31. The fraction of sp³-hybridized carbons (Fsp3) is 0.308. The molecule has 118 valence electrons. The Morgan fingerprint density at radius 2 is 2.14 bits per heavy atom. The Kier molecular flexibility index (Phi) is 4.34. The summed E-state index contributed by atoms with van der Waals surface area (Å²) in [4.78, 5) is 14.1. The lowest BCUT2D eigenvalue weighted by atomic mass is 10.2. The number of halogens is 3. The second-order valence-electron chi connectivity index (χ2n) is 4.35. The minimum Gasteiger partial charge on any atom is -0.483 e. The maximum Gasteiger partial charge on any atom is 0.416 e. The molecule has 0 fully saturated rings. The van der Waals surface area contributed by atoms with Gasteiger partial charge >= 0.3 is 12.0 Å². The number of nitro groups is 1. The van der Waals surface area contributed by atoms with Crippen molar-refractivity contribution in [1.29, 1.82) is 0 Å². The summed E-state index contributed by atoms with van der Waals surface area (Å²) in [6.07, 6.45) is -3.37. The average Bonchev–Trinajstić information content (AvgIpc) is 2.87. The van der Waals surface area contributed by atoms with Gasteiger partial charge in [0.05, 0.1) is 12.1 Å². The van der Waals surface area contributed by atoms with Crippen LogP contribution in [0.25, 0.3) is 0 Å². The predicted octanol–water partition coefficient (Wildman–Crippen LogP) is 3.41. The highest BCUT2D eigenvalue weighted by Gasteiger charge is 2.30. The molecule has 0 radical (unpaired) electrons. The van der Waals surface area contributed by atoms with Gasteiger partial charge in [-0.1, -0.05) is 6.07 Å². The number of benzene rings is 1. The summed E-state index contributed by atoms with van der Waals surface area (Å²) in [5.41, 5.74) is -0.824. The van der Waals surface area contributed by atoms with E-state index in [-0.39, 0.29) is 24.0 Å². The van der Waals surface area contributed by atoms with Gasteiger partial charge in [0.15, 0.2) is 6.61 Å². The van der Waals surface area contributed by atoms with E-state index in [2.05, 4.69) is 4.98 Å². The third-order valence-corrected chi connectivity index (χ3v) is 2.95. The molecule has 0 saturated carbocycles. The standard InChI is InChI=1S/C13H12F3N3O3/c1-2-18-11(17-7-12(18)19(20)21)8-22-10-5-3-4-9(6-10)13(14,15)16/h3-7H,2,8H2,1H3. The quantitative estimate of drug-likeness (QED) is 0.626. The Balaban J connectivity index is 2.16. The lowest BCUT2D eigenvalue weighted by Gasteiger charge is -2.09. The Labute approximate surface area is 123 Å². The predicted molar refractivity (Wildman–Crippen MR) is 70.3 cm³/mol. The van der Waals surface area contributed by atoms with Crippen molar-refractivity contribution in [3.8, 4) is 5.75 Å². The zero-order valence-electron chi connectivity index (χ0n) is 11.5. The first kappa shape index (κ1) is 15.8. The molecule has 2 aromatic rings. The molecule has 1 aromatic carbocycles. The van der Waals surface area contributed by atoms with E-state index in [1.807, 2.05) is 0 Å². The van der Waals surface area contributed by atoms with Crippen LogP contribution in [0, 0.1) is 10.1 Å². The van der Waals surface area contributed by atoms with Crippen molar-refractivity contribution in [2.24, 2.45) is 0 Å². The van der Waals surface area contributed by atoms with Gasteiger partial charge < -0.3 is 14.9 Å². The summed E-state index contributed by atoms with van der Waals surface area (Å²) < 4.78 is 44.4. The highest BCUT2D eigenvalue weighted by molar-refractivity contribution is 5.30. The van der Waals surface area contributed by atoms with Gasteiger partial charge in [-0.15, -0.1) is 0 Å². The maximum absolute atomic E-state index is 12.6. The van der Waals surface area contributed by atoms with Crippen molar-refractivity contribution in [3.63, 3.8) is 0 Å². The Bertz CT molecular complexity index is 683. The lowest BCUT2D eigenvalue weighted by Crippen LogP contribution is -2.09. The van der Waals surface area contributed by atoms with Gasteiger partial charge in [-0.25, -0.2) is 9.55 Å². The summed E-state index contributed by atoms with van der Waals surface area (Å²) in [6, 6.07) is 4.41. The summed E-state index contributed by atoms with van der Waals surface area (Å²) in [7, 11) is 0. The third kappa shape index (κ3) is 3.35. The van der Waals surface area contributed by atoms with Gasteiger partial charge in [-0.3, -0.25) is 0 Å². The minimum absolute atomic E-state index is 0.0168. The molecule has 1 heterocycles. The van der Waals surface area contributed by atoms with E-state index >= 15 is 0 Å². The van der Waals surface area contributed by atoms with Gasteiger partial charge in [0.1, 0.15) is 11.9 Å². The second-order valence-corrected chi connectivity index (χ2v) is 4.35. The van der Waals surface area contributed by atoms with Crippen LogP contribution < -0.4 is 4.74 Å². The van der Waals surface area contributed by atoms with Crippen LogP contribution in [0.3, 0.4) is 0 Å². The Morgan fingerprint density at radius 3 is 2.73 bits per heavy atom. The normalized spacial score (nSPS) is 11.5. The Hall–Kier alpha value is -2.58. The van der Waals surface area contributed by atoms with E-state index in [0.717, 1.165) is 18.3 Å². The fourth-order valence-corrected chi connectivity index (χ4v) is 1.92. The van der Waals surface area contributed by atoms with Gasteiger partial charge in [0.2, 0.25) is 5.82 Å². The highest BCUT2D eigenvalue weighted by Crippen LogP contribution is 2.31. The number of rotatable bonds is 5. The maximum atomic E-state index is 12.6. The number of alkyl halides is 3. The zero-order valence-corrected chi connectivity index (χ0v) is 11.5. The molecule has 0 saturated heterocycles. The zero-order chi connectivity index (χ0) is 16.3. The first-order valence-electron chi connectivity index (χ1n) is 6.31. The van der Waals surface area contributed by atoms with Crippen molar-refractivity contribution >= 4 is 5.82 Å². The van der Waals surface area contributed by atoms with Crippen molar-refractivity contribution in [2.75, 3.05) is 0 Å². The average molecular weight is 315 g/mol. The van der Waals surface area contributed by atoms with Crippen molar-refractivity contribution < 1.29 is 22.8 Å². The van der Waals surface area contributed by atoms with Crippen LogP contribution in [0.2, 0.25) is 0 Å². The molecule has 22 heavy (non-hydrogen) atoms. The van der Waals surface area contributed by atoms with Crippen LogP contribution in [0.4, 0.5) is 19.0 Å². The van der Waals surface area contributed by atoms with Crippen LogP contribution in [0.1, 0.15) is 18.3 Å². The minimum atomic E-state index is -4.46. The lowest BCUT2D eigenvalue weighted by molar-refractivity contribution is -0.392. The number of hydrogen-bond donors (Lipinski definition) is 0. The molecule has 9 heteroatoms. The van der Waals surface area contributed by atoms with Crippen LogP contribution in [0.5, 0.6) is 5.75 Å². The van der Waals surface area contributed by atoms with Gasteiger partial charge in [0, 0.05) is 0 Å². The molecule has 0 aliphatic carbocycles. The highest BCUT2D eigenvalue weighted by atomic mass is 19.4. The smallest absolute Gasteiger partial charge is 0.416 e. The molecule has 0 atom stereocenters. The van der Waals surface area contributed by atoms with Crippen molar-refractivity contribution in [3.05, 3.63) is 52.0 Å². The second kappa shape index (κ2) is 6.04. The van der Waals surface area contributed by atoms with Crippen LogP contribution in [0.15, 0.2) is 30.5 Å². The molecule has 1 aromatic heterocycles. The molecule has 0 N–H and O–H groups in total. The van der Waals surface area contributed by atoms with Gasteiger partial charge in [-0.2, -0.15) is 13.2 Å². The van der Waals surface area contributed by atoms with Gasteiger partial charge in [0.25, 0.3) is 0 Å². The number of aromatic nitrogens is 2. The van der Waals surface area contributed by atoms with Crippen LogP contribution in [-0.4, -0.2) is 14.5 Å². The SMILES string of the molecule is CCn1c([N+](=O)[O-])cnc1COc1cccc(C(F)(F)F)c1. The van der Waals surface area contributed by atoms with E-state index in [1.54, 1.807) is 6.92 Å². The molecule has 0 amide bonds. The number of imidazole rings is 1. The van der Waals surface area contributed by atoms with Crippen molar-refractivity contribution in [1.82, 2.24) is 9.55 Å². The molecular formula is C13H12F3N3O3. The van der Waals surface area contributed by atoms with E-state index in [4.69, 9.17) is 4.74 Å². The first-order chi connectivity index (χ1) is 10.3. The van der Waals surface area contributed by atoms with E-state index in [0.29, 0.717) is 6.54 Å². The Morgan fingerprint density at radius 1 is 1.41 bits per heavy atom. The van der Waals surface area contributed by atoms with Crippen LogP contribution >= 0.6 is 0 Å². The summed E-state index contributed by atoms with van der Waals surface area (Å²) in [6.45, 7) is 1.84. The molecule has 6 nitrogen and oxygen atoms in total. The van der Waals surface area contributed by atoms with Crippen LogP contribution in [-0.2, 0) is 19.3 Å². The molecule has 0 aliphatic rings. The fourth-order valence-electron chi connectivity index (χ4n) is 1.92. The summed E-state index contributed by atoms with van der Waals surface area (Å²) >= 11 is 0. The number of nitrogens with zero attached hydrogens (tertiary/aromatic N) is 3. The largest absolute Gasteiger partial charge is 0.483 e. The van der Waals surface area contributed by atoms with E-state index in [1.165, 1.54) is 16.7 Å². The molecule has 0 spiro atoms. The number of hydrogen-bond acceptors (Lipinski definition) is 4. The molecule has 0 bridgehead atoms. The topological polar surface area (TPSA) is 70.2 Å². The van der Waals surface area contributed by atoms with E-state index < -0.39 is 16.7 Å². The molecule has 0 aliphatic heterocycles. The monoisotopic (exact) mass is 315 g/mol.